The SMILES string of the molecule is CC(=O)c1cccc2c1OB(O)[C@@H](CC(=O)C(C)(C)n1cc(CN)nn1)C2.CC(=O)c1cccc2c1OB(O)[C@@H](CC(=O)CCn1cc(CN)nn1)C2.CCN(CC)Cc1cn(CC(=O)C[C@H]2Cc3cccc(C(C)=O)c3OB2O)nn1.CNCc1cn(CC(=O)C[C@H]2Cc3cccc(C(C)=O)c3OB2O)nn1.COc1c(C[C@H](CC(=O)Cn2cc(CN)nn2)B(O)O)cccc1C(C)=O. The van der Waals surface area contributed by atoms with Gasteiger partial charge in [0.15, 0.2) is 52.0 Å². The molecule has 0 spiro atoms. The minimum atomic E-state index is -1.70. The number of hydrogen-bond donors (Lipinski definition) is 10. The Bertz CT molecular complexity index is 5820. The van der Waals surface area contributed by atoms with Gasteiger partial charge in [-0.05, 0) is 159 Å². The van der Waals surface area contributed by atoms with Crippen LogP contribution in [0, 0.1) is 0 Å². The molecule has 712 valence electrons. The van der Waals surface area contributed by atoms with Gasteiger partial charge in [0, 0.05) is 113 Å². The van der Waals surface area contributed by atoms with E-state index in [9.17, 15) is 78.1 Å². The average Bonchev–Trinajstić information content (AvgIpc) is 1.63. The van der Waals surface area contributed by atoms with Gasteiger partial charge in [-0.3, -0.25) is 57.5 Å². The third-order valence-electron chi connectivity index (χ3n) is 23.4. The fourth-order valence-electron chi connectivity index (χ4n) is 16.0. The maximum atomic E-state index is 12.9. The fraction of sp³-hybridized carbons (Fsp3) is 0.438. The normalized spacial score (nSPS) is 15.3. The van der Waals surface area contributed by atoms with Gasteiger partial charge in [-0.1, -0.05) is 101 Å². The maximum Gasteiger partial charge on any atom is 0.526 e. The van der Waals surface area contributed by atoms with E-state index in [-0.39, 0.29) is 153 Å². The zero-order chi connectivity index (χ0) is 98.1. The predicted molar refractivity (Wildman–Crippen MR) is 496 cm³/mol. The van der Waals surface area contributed by atoms with Gasteiger partial charge in [-0.2, -0.15) is 0 Å². The summed E-state index contributed by atoms with van der Waals surface area (Å²) >= 11 is 0. The first-order valence-corrected chi connectivity index (χ1v) is 44.4. The number of aryl methyl sites for hydroxylation is 1. The number of fused-ring (bicyclic) bond motifs is 4. The number of hydrogen-bond acceptors (Lipinski definition) is 36. The Hall–Kier alpha value is -12.6. The summed E-state index contributed by atoms with van der Waals surface area (Å²) in [5.74, 6) is -1.27. The number of ketones is 10. The minimum Gasteiger partial charge on any atom is -0.535 e. The molecule has 5 aromatic heterocycles. The van der Waals surface area contributed by atoms with Gasteiger partial charge in [0.05, 0.1) is 88.2 Å². The molecule has 13 N–H and O–H groups in total. The smallest absolute Gasteiger partial charge is 0.526 e. The zero-order valence-corrected chi connectivity index (χ0v) is 77.6. The third-order valence-corrected chi connectivity index (χ3v) is 23.4. The van der Waals surface area contributed by atoms with Crippen molar-refractivity contribution in [1.29, 1.82) is 0 Å². The topological polar surface area (TPSA) is 585 Å². The Labute approximate surface area is 782 Å². The molecule has 0 amide bonds. The second kappa shape index (κ2) is 49.0. The number of carbonyl (C=O) groups is 10. The second-order valence-electron chi connectivity index (χ2n) is 34.1. The number of methoxy groups -OCH3 is 1. The van der Waals surface area contributed by atoms with Crippen molar-refractivity contribution in [2.75, 3.05) is 27.2 Å². The maximum absolute atomic E-state index is 12.9. The lowest BCUT2D eigenvalue weighted by Crippen LogP contribution is -2.41. The molecule has 4 aliphatic heterocycles. The molecular weight excluding hydrogens is 1740 g/mol. The van der Waals surface area contributed by atoms with Gasteiger partial charge in [0.2, 0.25) is 0 Å². The van der Waals surface area contributed by atoms with E-state index in [0.717, 1.165) is 46.7 Å². The molecule has 135 heavy (non-hydrogen) atoms. The van der Waals surface area contributed by atoms with Gasteiger partial charge in [0.25, 0.3) is 0 Å². The number of nitrogens with zero attached hydrogens (tertiary/aromatic N) is 16. The van der Waals surface area contributed by atoms with Crippen LogP contribution in [0.1, 0.15) is 209 Å². The summed E-state index contributed by atoms with van der Waals surface area (Å²) in [6.07, 6.45) is 11.3. The lowest BCUT2D eigenvalue weighted by molar-refractivity contribution is -0.127. The average molecular weight is 1860 g/mol. The standard InChI is InChI=1S/C20H27BN4O4.C18H23BN4O4.C17H23BN4O5.2C17H21BN4O4/c1-4-24(5-2)11-17-12-25(23-22-17)13-18(27)10-16-9-15-7-6-8-19(14(3)26)20(15)29-21(16)28;1-11(24)15-6-4-5-12-7-13(19(26)27-17(12)15)8-16(25)18(2,3)23-10-14(9-20)21-22-23;1-11(23)16-5-3-4-12(17(16)27-2)6-13(18(25)26)7-15(24)10-22-9-14(8-19)20-21-22;1-11(23)16-5-3-4-12-6-13(18(25)26-17(12)16)7-15(24)10-22-9-14(8-19-2)20-21-22;1-11(23)16-4-2-3-12-7-13(18(25)26-17(12)16)8-15(24)5-6-22-10-14(9-19)20-21-22/h6-8,12,16,28H,4-5,9-11,13H2,1-3H3;4-6,10,13,26H,7-9,20H2,1-3H3;3-5,9,13,25-26H,6-8,10,19H2,1-2H3;3-5,9,13,19,25H,6-8,10H2,1-2H3;2-4,10,13,25H,5-9,19H2,1H3/t16-;4*13-/m11111/s1. The van der Waals surface area contributed by atoms with Crippen molar-refractivity contribution in [2.45, 2.75) is 226 Å². The quantitative estimate of drug-likeness (QED) is 0.0190. The highest BCUT2D eigenvalue weighted by Gasteiger charge is 2.44. The molecule has 4 aliphatic rings. The highest BCUT2D eigenvalue weighted by atomic mass is 16.5. The number of ether oxygens (including phenoxy) is 1. The Morgan fingerprint density at radius 1 is 0.481 bits per heavy atom. The number of rotatable bonds is 39. The molecule has 46 heteroatoms. The van der Waals surface area contributed by atoms with E-state index in [1.165, 1.54) is 55.8 Å². The molecular formula is C89H115B5N20O21. The van der Waals surface area contributed by atoms with Crippen LogP contribution in [0.15, 0.2) is 122 Å². The van der Waals surface area contributed by atoms with E-state index in [1.54, 1.807) is 121 Å². The van der Waals surface area contributed by atoms with Crippen molar-refractivity contribution in [3.05, 3.63) is 206 Å². The Morgan fingerprint density at radius 2 is 0.830 bits per heavy atom. The molecule has 14 rings (SSSR count). The van der Waals surface area contributed by atoms with Crippen LogP contribution in [-0.2, 0) is 121 Å². The van der Waals surface area contributed by atoms with Crippen molar-refractivity contribution in [1.82, 2.24) is 85.2 Å². The molecule has 0 fully saturated rings. The van der Waals surface area contributed by atoms with Crippen molar-refractivity contribution in [3.63, 3.8) is 0 Å². The van der Waals surface area contributed by atoms with Crippen LogP contribution in [0.3, 0.4) is 0 Å². The first kappa shape index (κ1) is 104. The Morgan fingerprint density at radius 3 is 1.21 bits per heavy atom. The van der Waals surface area contributed by atoms with Crippen LogP contribution in [0.2, 0.25) is 29.1 Å². The summed E-state index contributed by atoms with van der Waals surface area (Å²) in [6, 6.07) is 26.3. The number of nitrogens with one attached hydrogen (secondary N) is 1. The lowest BCUT2D eigenvalue weighted by atomic mass is 9.63. The largest absolute Gasteiger partial charge is 0.535 e. The number of aromatic nitrogens is 15. The highest BCUT2D eigenvalue weighted by Crippen LogP contribution is 2.42. The molecule has 10 aromatic rings. The summed E-state index contributed by atoms with van der Waals surface area (Å²) < 4.78 is 35.1. The summed E-state index contributed by atoms with van der Waals surface area (Å²) in [6.45, 7) is 19.4. The zero-order valence-electron chi connectivity index (χ0n) is 77.6. The molecule has 5 atom stereocenters. The van der Waals surface area contributed by atoms with E-state index in [4.69, 9.17) is 40.6 Å². The van der Waals surface area contributed by atoms with Crippen LogP contribution in [-0.4, -0.2) is 231 Å². The summed E-state index contributed by atoms with van der Waals surface area (Å²) in [5.41, 5.74) is 25.1. The van der Waals surface area contributed by atoms with Crippen LogP contribution in [0.25, 0.3) is 0 Å². The van der Waals surface area contributed by atoms with Gasteiger partial charge in [-0.15, -0.1) is 25.5 Å². The fourth-order valence-corrected chi connectivity index (χ4v) is 16.0. The van der Waals surface area contributed by atoms with Crippen LogP contribution >= 0.6 is 0 Å². The number of benzene rings is 5. The summed E-state index contributed by atoms with van der Waals surface area (Å²) in [7, 11) is -2.96. The molecule has 5 aromatic carbocycles. The van der Waals surface area contributed by atoms with Gasteiger partial charge in [-0.25, -0.2) is 18.7 Å². The minimum absolute atomic E-state index is 0.00798. The summed E-state index contributed by atoms with van der Waals surface area (Å²) in [4.78, 5) is 123. The molecule has 0 radical (unpaired) electrons. The predicted octanol–water partition coefficient (Wildman–Crippen LogP) is 4.30. The van der Waals surface area contributed by atoms with Crippen LogP contribution in [0.4, 0.5) is 0 Å². The molecule has 41 nitrogen and oxygen atoms in total. The van der Waals surface area contributed by atoms with Crippen molar-refractivity contribution < 1.29 is 101 Å². The van der Waals surface area contributed by atoms with E-state index in [0.29, 0.717) is 131 Å². The van der Waals surface area contributed by atoms with Gasteiger partial charge < -0.3 is 76.0 Å². The van der Waals surface area contributed by atoms with Crippen molar-refractivity contribution in [2.24, 2.45) is 17.2 Å². The molecule has 0 saturated carbocycles. The van der Waals surface area contributed by atoms with E-state index in [1.807, 2.05) is 31.3 Å². The van der Waals surface area contributed by atoms with Crippen LogP contribution < -0.4 is 45.9 Å². The Balaban J connectivity index is 0.000000175. The monoisotopic (exact) mass is 1850 g/mol. The molecule has 0 unspecified atom stereocenters. The first-order valence-electron chi connectivity index (χ1n) is 44.4. The molecule has 0 saturated heterocycles. The second-order valence-corrected chi connectivity index (χ2v) is 34.1. The molecule has 0 aliphatic carbocycles. The van der Waals surface area contributed by atoms with Crippen LogP contribution in [0.5, 0.6) is 28.7 Å². The number of nitrogens with two attached hydrogens (primary N) is 3. The van der Waals surface area contributed by atoms with Gasteiger partial charge in [0.1, 0.15) is 59.7 Å². The van der Waals surface area contributed by atoms with Gasteiger partial charge >= 0.3 is 35.6 Å². The first-order chi connectivity index (χ1) is 64.4. The lowest BCUT2D eigenvalue weighted by Gasteiger charge is -2.30. The molecule has 0 bridgehead atoms. The highest BCUT2D eigenvalue weighted by molar-refractivity contribution is 6.48. The number of Topliss-reactive ketones (excluding diaryl/α,β-unsaturated/α-hetero) is 10. The number of carbonyl (C=O) groups excluding carboxylic acids is 10. The van der Waals surface area contributed by atoms with E-state index in [2.05, 4.69) is 75.6 Å². The summed E-state index contributed by atoms with van der Waals surface area (Å²) in [5, 5.41) is 103. The third kappa shape index (κ3) is 28.5. The van der Waals surface area contributed by atoms with E-state index < -0.39 is 52.8 Å². The number of para-hydroxylation sites is 5. The van der Waals surface area contributed by atoms with E-state index >= 15 is 0 Å². The Kier molecular flexibility index (Phi) is 38.0. The van der Waals surface area contributed by atoms with Crippen molar-refractivity contribution >= 4 is 93.4 Å². The molecule has 9 heterocycles. The van der Waals surface area contributed by atoms with Crippen molar-refractivity contribution in [3.8, 4) is 28.7 Å².